The van der Waals surface area contributed by atoms with E-state index < -0.39 is 11.6 Å². The molecule has 2 aromatic carbocycles. The van der Waals surface area contributed by atoms with Gasteiger partial charge in [-0.3, -0.25) is 0 Å². The molecule has 1 fully saturated rings. The number of ether oxygens (including phenoxy) is 2. The van der Waals surface area contributed by atoms with Gasteiger partial charge in [-0.05, 0) is 75.1 Å². The Kier molecular flexibility index (Phi) is 6.41. The molecule has 1 atom stereocenters. The van der Waals surface area contributed by atoms with E-state index >= 15 is 0 Å². The number of carbonyl (C=O) groups is 2. The highest BCUT2D eigenvalue weighted by Gasteiger charge is 2.32. The van der Waals surface area contributed by atoms with E-state index in [1.807, 2.05) is 38.1 Å². The Balaban J connectivity index is 1.69. The summed E-state index contributed by atoms with van der Waals surface area (Å²) in [6.07, 6.45) is 0.492. The molecule has 0 aliphatic carbocycles. The number of carboxylic acid groups (broad SMARTS) is 1. The predicted octanol–water partition coefficient (Wildman–Crippen LogP) is 5.30. The van der Waals surface area contributed by atoms with Crippen LogP contribution in [-0.2, 0) is 4.79 Å². The number of aliphatic carboxylic acids is 1. The Hall–Kier alpha value is -2.54. The van der Waals surface area contributed by atoms with Crippen LogP contribution in [0.25, 0.3) is 0 Å². The van der Waals surface area contributed by atoms with Crippen molar-refractivity contribution in [3.05, 3.63) is 57.6 Å². The number of likely N-dealkylation sites (tertiary alicyclic amines) is 1. The van der Waals surface area contributed by atoms with Crippen molar-refractivity contribution in [2.45, 2.75) is 45.6 Å². The third-order valence-corrected chi connectivity index (χ3v) is 5.82. The largest absolute Gasteiger partial charge is 0.478 e. The molecule has 2 aromatic rings. The van der Waals surface area contributed by atoms with Gasteiger partial charge in [-0.15, -0.1) is 0 Å². The molecule has 6 nitrogen and oxygen atoms in total. The van der Waals surface area contributed by atoms with Gasteiger partial charge in [-0.2, -0.15) is 0 Å². The summed E-state index contributed by atoms with van der Waals surface area (Å²) in [6, 6.07) is 11.2. The van der Waals surface area contributed by atoms with E-state index in [9.17, 15) is 14.7 Å². The summed E-state index contributed by atoms with van der Waals surface area (Å²) >= 11 is 3.36. The summed E-state index contributed by atoms with van der Waals surface area (Å²) in [7, 11) is 0. The van der Waals surface area contributed by atoms with Gasteiger partial charge in [0.25, 0.3) is 0 Å². The maximum absolute atomic E-state index is 12.5. The van der Waals surface area contributed by atoms with Crippen molar-refractivity contribution in [3.63, 3.8) is 0 Å². The molecule has 1 aliphatic rings. The third-order valence-electron chi connectivity index (χ3n) is 5.29. The van der Waals surface area contributed by atoms with E-state index in [2.05, 4.69) is 15.9 Å². The first-order valence-electron chi connectivity index (χ1n) is 9.82. The summed E-state index contributed by atoms with van der Waals surface area (Å²) in [6.45, 7) is 8.11. The minimum atomic E-state index is -1.31. The zero-order chi connectivity index (χ0) is 22.1. The fourth-order valence-electron chi connectivity index (χ4n) is 3.55. The van der Waals surface area contributed by atoms with Crippen molar-refractivity contribution in [2.75, 3.05) is 13.1 Å². The number of benzene rings is 2. The number of carbonyl (C=O) groups excluding carboxylic acids is 1. The lowest BCUT2D eigenvalue weighted by Gasteiger charge is -2.25. The fourth-order valence-corrected chi connectivity index (χ4v) is 3.81. The molecule has 1 N–H and O–H groups in total. The average molecular weight is 476 g/mol. The van der Waals surface area contributed by atoms with Crippen molar-refractivity contribution in [1.82, 2.24) is 4.90 Å². The first-order valence-corrected chi connectivity index (χ1v) is 10.6. The SMILES string of the molecule is Cc1cc(C2CCN(C(=O)Oc3ccc(Br)cc3)C2)cc(C)c1OC(C)(C)C(=O)O. The quantitative estimate of drug-likeness (QED) is 0.634. The molecule has 0 saturated carbocycles. The van der Waals surface area contributed by atoms with Crippen LogP contribution in [0.3, 0.4) is 0 Å². The standard InChI is InChI=1S/C23H26BrNO5/c1-14-11-17(12-15(2)20(14)30-23(3,4)21(26)27)16-9-10-25(13-16)22(28)29-19-7-5-18(24)6-8-19/h5-8,11-12,16H,9-10,13H2,1-4H3,(H,26,27). The lowest BCUT2D eigenvalue weighted by Crippen LogP contribution is -2.38. The lowest BCUT2D eigenvalue weighted by atomic mass is 9.94. The van der Waals surface area contributed by atoms with Gasteiger partial charge >= 0.3 is 12.1 Å². The zero-order valence-electron chi connectivity index (χ0n) is 17.6. The second kappa shape index (κ2) is 8.68. The van der Waals surface area contributed by atoms with E-state index in [4.69, 9.17) is 9.47 Å². The first-order chi connectivity index (χ1) is 14.1. The van der Waals surface area contributed by atoms with Crippen molar-refractivity contribution in [1.29, 1.82) is 0 Å². The van der Waals surface area contributed by atoms with Crippen molar-refractivity contribution >= 4 is 28.0 Å². The molecule has 160 valence electrons. The summed E-state index contributed by atoms with van der Waals surface area (Å²) in [5, 5.41) is 9.34. The van der Waals surface area contributed by atoms with Crippen LogP contribution in [0.15, 0.2) is 40.9 Å². The summed E-state index contributed by atoms with van der Waals surface area (Å²) in [5.74, 6) is 0.291. The number of carboxylic acids is 1. The van der Waals surface area contributed by atoms with Gasteiger partial charge in [0.1, 0.15) is 11.5 Å². The fraction of sp³-hybridized carbons (Fsp3) is 0.391. The molecule has 1 amide bonds. The molecule has 3 rings (SSSR count). The Bertz CT molecular complexity index is 932. The average Bonchev–Trinajstić information content (AvgIpc) is 3.16. The van der Waals surface area contributed by atoms with Crippen molar-refractivity contribution in [2.24, 2.45) is 0 Å². The summed E-state index contributed by atoms with van der Waals surface area (Å²) in [4.78, 5) is 25.6. The van der Waals surface area contributed by atoms with E-state index in [0.29, 0.717) is 24.6 Å². The van der Waals surface area contributed by atoms with Crippen LogP contribution < -0.4 is 9.47 Å². The summed E-state index contributed by atoms with van der Waals surface area (Å²) < 4.78 is 12.2. The maximum Gasteiger partial charge on any atom is 0.415 e. The lowest BCUT2D eigenvalue weighted by molar-refractivity contribution is -0.152. The molecule has 0 spiro atoms. The predicted molar refractivity (Wildman–Crippen MR) is 117 cm³/mol. The first kappa shape index (κ1) is 22.2. The molecule has 1 heterocycles. The minimum Gasteiger partial charge on any atom is -0.478 e. The smallest absolute Gasteiger partial charge is 0.415 e. The second-order valence-electron chi connectivity index (χ2n) is 8.15. The van der Waals surface area contributed by atoms with Crippen molar-refractivity contribution in [3.8, 4) is 11.5 Å². The number of hydrogen-bond acceptors (Lipinski definition) is 4. The van der Waals surface area contributed by atoms with Gasteiger partial charge in [0.2, 0.25) is 0 Å². The number of rotatable bonds is 5. The molecule has 0 aromatic heterocycles. The number of halogens is 1. The highest BCUT2D eigenvalue weighted by Crippen LogP contribution is 2.34. The zero-order valence-corrected chi connectivity index (χ0v) is 19.2. The van der Waals surface area contributed by atoms with Crippen LogP contribution in [0, 0.1) is 13.8 Å². The number of nitrogens with zero attached hydrogens (tertiary/aromatic N) is 1. The van der Waals surface area contributed by atoms with Crippen LogP contribution in [-0.4, -0.2) is 40.8 Å². The molecule has 0 radical (unpaired) electrons. The Morgan fingerprint density at radius 3 is 2.30 bits per heavy atom. The minimum absolute atomic E-state index is 0.196. The highest BCUT2D eigenvalue weighted by atomic mass is 79.9. The number of aryl methyl sites for hydroxylation is 2. The molecule has 30 heavy (non-hydrogen) atoms. The third kappa shape index (κ3) is 4.95. The van der Waals surface area contributed by atoms with Crippen LogP contribution in [0.1, 0.15) is 42.9 Å². The number of amides is 1. The van der Waals surface area contributed by atoms with Crippen molar-refractivity contribution < 1.29 is 24.2 Å². The van der Waals surface area contributed by atoms with E-state index in [-0.39, 0.29) is 12.0 Å². The normalized spacial score (nSPS) is 16.4. The Morgan fingerprint density at radius 2 is 1.73 bits per heavy atom. The molecule has 7 heteroatoms. The molecular formula is C23H26BrNO5. The van der Waals surface area contributed by atoms with Gasteiger partial charge < -0.3 is 19.5 Å². The maximum atomic E-state index is 12.5. The van der Waals surface area contributed by atoms with Gasteiger partial charge in [-0.25, -0.2) is 9.59 Å². The van der Waals surface area contributed by atoms with Gasteiger partial charge in [-0.1, -0.05) is 28.1 Å². The summed E-state index contributed by atoms with van der Waals surface area (Å²) in [5.41, 5.74) is 1.58. The molecule has 1 saturated heterocycles. The van der Waals surface area contributed by atoms with Crippen LogP contribution >= 0.6 is 15.9 Å². The van der Waals surface area contributed by atoms with Gasteiger partial charge in [0, 0.05) is 23.5 Å². The Labute approximate surface area is 184 Å². The topological polar surface area (TPSA) is 76.1 Å². The highest BCUT2D eigenvalue weighted by molar-refractivity contribution is 9.10. The monoisotopic (exact) mass is 475 g/mol. The van der Waals surface area contributed by atoms with Crippen LogP contribution in [0.5, 0.6) is 11.5 Å². The Morgan fingerprint density at radius 1 is 1.13 bits per heavy atom. The van der Waals surface area contributed by atoms with E-state index in [0.717, 1.165) is 27.6 Å². The number of hydrogen-bond donors (Lipinski definition) is 1. The molecule has 1 unspecified atom stereocenters. The van der Waals surface area contributed by atoms with E-state index in [1.54, 1.807) is 17.0 Å². The molecular weight excluding hydrogens is 450 g/mol. The molecule has 1 aliphatic heterocycles. The second-order valence-corrected chi connectivity index (χ2v) is 9.07. The van der Waals surface area contributed by atoms with E-state index in [1.165, 1.54) is 13.8 Å². The van der Waals surface area contributed by atoms with Crippen LogP contribution in [0.4, 0.5) is 4.79 Å². The van der Waals surface area contributed by atoms with Crippen LogP contribution in [0.2, 0.25) is 0 Å². The van der Waals surface area contributed by atoms with Gasteiger partial charge in [0.15, 0.2) is 5.60 Å². The molecule has 0 bridgehead atoms. The van der Waals surface area contributed by atoms with Gasteiger partial charge in [0.05, 0.1) is 0 Å².